The molecule has 0 N–H and O–H groups in total. The van der Waals surface area contributed by atoms with Gasteiger partial charge in [-0.25, -0.2) is 0 Å². The molecule has 0 aromatic heterocycles. The third-order valence-corrected chi connectivity index (χ3v) is 4.50. The highest BCUT2D eigenvalue weighted by molar-refractivity contribution is 14.1. The third kappa shape index (κ3) is 3.55. The molecule has 0 spiro atoms. The monoisotopic (exact) mass is 340 g/mol. The summed E-state index contributed by atoms with van der Waals surface area (Å²) in [6.45, 7) is 4.37. The first-order valence-corrected chi connectivity index (χ1v) is 7.39. The minimum atomic E-state index is -3.10. The van der Waals surface area contributed by atoms with Gasteiger partial charge < -0.3 is 9.05 Å². The van der Waals surface area contributed by atoms with Gasteiger partial charge in [-0.15, -0.1) is 0 Å². The molecule has 0 radical (unpaired) electrons. The molecule has 0 fully saturated rings. The van der Waals surface area contributed by atoms with Crippen LogP contribution in [0, 0.1) is 3.57 Å². The molecule has 0 amide bonds. The molecule has 1 aromatic carbocycles. The zero-order chi connectivity index (χ0) is 11.3. The fourth-order valence-electron chi connectivity index (χ4n) is 1.17. The van der Waals surface area contributed by atoms with Crippen LogP contribution in [0.1, 0.15) is 13.8 Å². The molecule has 84 valence electrons. The first-order chi connectivity index (χ1) is 7.12. The maximum absolute atomic E-state index is 12.3. The second-order valence-electron chi connectivity index (χ2n) is 2.81. The van der Waals surface area contributed by atoms with Crippen LogP contribution in [0.25, 0.3) is 0 Å². The van der Waals surface area contributed by atoms with Crippen LogP contribution in [0.5, 0.6) is 0 Å². The van der Waals surface area contributed by atoms with Gasteiger partial charge in [0.25, 0.3) is 0 Å². The number of rotatable bonds is 5. The maximum Gasteiger partial charge on any atom is 0.361 e. The van der Waals surface area contributed by atoms with Crippen molar-refractivity contribution in [3.05, 3.63) is 27.8 Å². The quantitative estimate of drug-likeness (QED) is 0.610. The van der Waals surface area contributed by atoms with E-state index in [1.54, 1.807) is 19.9 Å². The summed E-state index contributed by atoms with van der Waals surface area (Å²) in [5, 5.41) is 0.623. The van der Waals surface area contributed by atoms with Crippen molar-refractivity contribution in [3.8, 4) is 0 Å². The minimum Gasteiger partial charge on any atom is -0.305 e. The Hall–Kier alpha value is 0.100. The van der Waals surface area contributed by atoms with Crippen LogP contribution in [0.15, 0.2) is 24.3 Å². The molecule has 0 saturated carbocycles. The van der Waals surface area contributed by atoms with Crippen molar-refractivity contribution >= 4 is 35.5 Å². The summed E-state index contributed by atoms with van der Waals surface area (Å²) in [5.74, 6) is 0. The lowest BCUT2D eigenvalue weighted by Crippen LogP contribution is -2.10. The lowest BCUT2D eigenvalue weighted by Gasteiger charge is -2.17. The molecule has 0 unspecified atom stereocenters. The molecule has 5 heteroatoms. The van der Waals surface area contributed by atoms with Crippen molar-refractivity contribution in [1.29, 1.82) is 0 Å². The Kier molecular flexibility index (Phi) is 5.26. The molecule has 0 saturated heterocycles. The number of hydrogen-bond acceptors (Lipinski definition) is 3. The van der Waals surface area contributed by atoms with E-state index in [0.29, 0.717) is 18.5 Å². The van der Waals surface area contributed by atoms with Gasteiger partial charge in [-0.05, 0) is 54.6 Å². The van der Waals surface area contributed by atoms with Crippen molar-refractivity contribution in [2.45, 2.75) is 13.8 Å². The fourth-order valence-corrected chi connectivity index (χ4v) is 3.58. The van der Waals surface area contributed by atoms with Crippen LogP contribution in [0.3, 0.4) is 0 Å². The van der Waals surface area contributed by atoms with Crippen molar-refractivity contribution in [3.63, 3.8) is 0 Å². The lowest BCUT2D eigenvalue weighted by molar-refractivity contribution is 0.230. The van der Waals surface area contributed by atoms with Gasteiger partial charge in [-0.1, -0.05) is 6.07 Å². The smallest absolute Gasteiger partial charge is 0.305 e. The fraction of sp³-hybridized carbons (Fsp3) is 0.400. The van der Waals surface area contributed by atoms with Gasteiger partial charge in [0.15, 0.2) is 0 Å². The first kappa shape index (κ1) is 13.2. The molecule has 0 aliphatic rings. The number of halogens is 1. The Morgan fingerprint density at radius 2 is 1.87 bits per heavy atom. The summed E-state index contributed by atoms with van der Waals surface area (Å²) < 4.78 is 23.8. The Morgan fingerprint density at radius 3 is 2.33 bits per heavy atom. The van der Waals surface area contributed by atoms with Crippen molar-refractivity contribution in [2.24, 2.45) is 0 Å². The summed E-state index contributed by atoms with van der Waals surface area (Å²) in [5.41, 5.74) is 0. The molecule has 0 aliphatic heterocycles. The summed E-state index contributed by atoms with van der Waals surface area (Å²) in [4.78, 5) is 0. The largest absolute Gasteiger partial charge is 0.361 e. The van der Waals surface area contributed by atoms with Crippen LogP contribution in [0.4, 0.5) is 0 Å². The third-order valence-electron chi connectivity index (χ3n) is 1.72. The van der Waals surface area contributed by atoms with E-state index < -0.39 is 7.60 Å². The minimum absolute atomic E-state index is 0.378. The number of benzene rings is 1. The predicted molar refractivity (Wildman–Crippen MR) is 69.7 cm³/mol. The van der Waals surface area contributed by atoms with E-state index in [1.165, 1.54) is 0 Å². The van der Waals surface area contributed by atoms with Gasteiger partial charge in [0, 0.05) is 3.57 Å². The zero-order valence-electron chi connectivity index (χ0n) is 8.77. The normalized spacial score (nSPS) is 11.7. The first-order valence-electron chi connectivity index (χ1n) is 4.77. The van der Waals surface area contributed by atoms with Crippen LogP contribution in [-0.2, 0) is 13.6 Å². The summed E-state index contributed by atoms with van der Waals surface area (Å²) in [6, 6.07) is 7.38. The van der Waals surface area contributed by atoms with E-state index in [2.05, 4.69) is 22.6 Å². The highest BCUT2D eigenvalue weighted by Gasteiger charge is 2.26. The predicted octanol–water partition coefficient (Wildman–Crippen LogP) is 3.18. The molecule has 15 heavy (non-hydrogen) atoms. The van der Waals surface area contributed by atoms with Crippen molar-refractivity contribution in [2.75, 3.05) is 13.2 Å². The van der Waals surface area contributed by atoms with Gasteiger partial charge in [-0.2, -0.15) is 0 Å². The molecule has 0 bridgehead atoms. The molecule has 0 heterocycles. The average molecular weight is 340 g/mol. The van der Waals surface area contributed by atoms with E-state index in [4.69, 9.17) is 9.05 Å². The summed E-state index contributed by atoms with van der Waals surface area (Å²) >= 11 is 2.17. The Balaban J connectivity index is 3.03. The van der Waals surface area contributed by atoms with Crippen molar-refractivity contribution < 1.29 is 13.6 Å². The second kappa shape index (κ2) is 5.99. The van der Waals surface area contributed by atoms with E-state index in [-0.39, 0.29) is 0 Å². The van der Waals surface area contributed by atoms with Gasteiger partial charge in [-0.3, -0.25) is 4.57 Å². The van der Waals surface area contributed by atoms with Gasteiger partial charge in [0.2, 0.25) is 0 Å². The van der Waals surface area contributed by atoms with Crippen LogP contribution >= 0.6 is 30.2 Å². The maximum atomic E-state index is 12.3. The Bertz CT molecular complexity index is 357. The Labute approximate surface area is 104 Å². The Morgan fingerprint density at radius 1 is 1.27 bits per heavy atom. The highest BCUT2D eigenvalue weighted by Crippen LogP contribution is 2.46. The lowest BCUT2D eigenvalue weighted by atomic mass is 10.4. The molecule has 0 aliphatic carbocycles. The zero-order valence-corrected chi connectivity index (χ0v) is 11.8. The standard InChI is InChI=1S/C10H14IO3P/c1-3-13-15(12,14-4-2)10-7-5-6-9(11)8-10/h5-8H,3-4H2,1-2H3. The van der Waals surface area contributed by atoms with Gasteiger partial charge in [0.05, 0.1) is 18.5 Å². The van der Waals surface area contributed by atoms with Crippen LogP contribution < -0.4 is 5.30 Å². The summed E-state index contributed by atoms with van der Waals surface area (Å²) in [6.07, 6.45) is 0. The van der Waals surface area contributed by atoms with E-state index in [0.717, 1.165) is 3.57 Å². The van der Waals surface area contributed by atoms with Crippen molar-refractivity contribution in [1.82, 2.24) is 0 Å². The van der Waals surface area contributed by atoms with E-state index in [1.807, 2.05) is 18.2 Å². The highest BCUT2D eigenvalue weighted by atomic mass is 127. The molecule has 3 nitrogen and oxygen atoms in total. The average Bonchev–Trinajstić information content (AvgIpc) is 2.18. The van der Waals surface area contributed by atoms with E-state index >= 15 is 0 Å². The molecular formula is C10H14IO3P. The SMILES string of the molecule is CCOP(=O)(OCC)c1cccc(I)c1. The van der Waals surface area contributed by atoms with Gasteiger partial charge in [0.1, 0.15) is 0 Å². The topological polar surface area (TPSA) is 35.5 Å². The second-order valence-corrected chi connectivity index (χ2v) is 6.09. The molecule has 1 aromatic rings. The summed E-state index contributed by atoms with van der Waals surface area (Å²) in [7, 11) is -3.10. The van der Waals surface area contributed by atoms with Crippen LogP contribution in [0.2, 0.25) is 0 Å². The van der Waals surface area contributed by atoms with E-state index in [9.17, 15) is 4.57 Å². The van der Waals surface area contributed by atoms with Gasteiger partial charge >= 0.3 is 7.60 Å². The number of hydrogen-bond donors (Lipinski definition) is 0. The molecule has 0 atom stereocenters. The molecular weight excluding hydrogens is 326 g/mol. The van der Waals surface area contributed by atoms with Crippen LogP contribution in [-0.4, -0.2) is 13.2 Å². The molecule has 1 rings (SSSR count).